The lowest BCUT2D eigenvalue weighted by atomic mass is 10.1. The third kappa shape index (κ3) is 2.06. The molecular formula is C11H13N3O. The lowest BCUT2D eigenvalue weighted by Gasteiger charge is -2.03. The molecular weight excluding hydrogens is 190 g/mol. The van der Waals surface area contributed by atoms with Crippen molar-refractivity contribution in [2.75, 3.05) is 0 Å². The van der Waals surface area contributed by atoms with Crippen molar-refractivity contribution in [2.45, 2.75) is 13.0 Å². The summed E-state index contributed by atoms with van der Waals surface area (Å²) in [6, 6.07) is 11.9. The Kier molecular flexibility index (Phi) is 2.80. The average molecular weight is 203 g/mol. The van der Waals surface area contributed by atoms with Crippen molar-refractivity contribution >= 4 is 0 Å². The molecule has 0 aliphatic rings. The van der Waals surface area contributed by atoms with Crippen LogP contribution in [0.3, 0.4) is 0 Å². The van der Waals surface area contributed by atoms with Crippen molar-refractivity contribution in [1.29, 1.82) is 0 Å². The van der Waals surface area contributed by atoms with E-state index in [2.05, 4.69) is 10.2 Å². The maximum Gasteiger partial charge on any atom is 0.117 e. The number of H-pyrrole nitrogens is 1. The van der Waals surface area contributed by atoms with Crippen molar-refractivity contribution in [1.82, 2.24) is 10.2 Å². The van der Waals surface area contributed by atoms with Crippen LogP contribution >= 0.6 is 0 Å². The molecule has 0 radical (unpaired) electrons. The van der Waals surface area contributed by atoms with Gasteiger partial charge in [-0.05, 0) is 13.0 Å². The fourth-order valence-electron chi connectivity index (χ4n) is 1.37. The Morgan fingerprint density at radius 3 is 2.73 bits per heavy atom. The Morgan fingerprint density at radius 1 is 1.33 bits per heavy atom. The molecule has 0 fully saturated rings. The number of nitrogens with one attached hydrogen (secondary N) is 1. The summed E-state index contributed by atoms with van der Waals surface area (Å²) in [4.78, 5) is 4.71. The Labute approximate surface area is 88.0 Å². The number of nitrogens with two attached hydrogens (primary N) is 1. The molecule has 0 amide bonds. The Bertz CT molecular complexity index is 424. The molecule has 0 saturated carbocycles. The molecule has 1 aromatic heterocycles. The molecule has 0 aliphatic carbocycles. The van der Waals surface area contributed by atoms with Crippen LogP contribution in [0.2, 0.25) is 0 Å². The van der Waals surface area contributed by atoms with Crippen molar-refractivity contribution in [3.63, 3.8) is 0 Å². The van der Waals surface area contributed by atoms with Gasteiger partial charge in [-0.2, -0.15) is 5.10 Å². The predicted molar refractivity (Wildman–Crippen MR) is 57.7 cm³/mol. The summed E-state index contributed by atoms with van der Waals surface area (Å²) in [6.45, 7) is 1.86. The number of hydrogen-bond acceptors (Lipinski definition) is 3. The molecule has 0 saturated heterocycles. The average Bonchev–Trinajstić information content (AvgIpc) is 2.78. The van der Waals surface area contributed by atoms with Crippen molar-refractivity contribution in [3.05, 3.63) is 42.1 Å². The van der Waals surface area contributed by atoms with Gasteiger partial charge in [0.2, 0.25) is 0 Å². The van der Waals surface area contributed by atoms with Gasteiger partial charge in [-0.1, -0.05) is 30.3 Å². The second-order valence-corrected chi connectivity index (χ2v) is 3.35. The highest BCUT2D eigenvalue weighted by Crippen LogP contribution is 2.20. The Morgan fingerprint density at radius 2 is 2.07 bits per heavy atom. The minimum absolute atomic E-state index is 0.171. The second-order valence-electron chi connectivity index (χ2n) is 3.35. The normalized spacial score (nSPS) is 12.7. The minimum Gasteiger partial charge on any atom is -0.295 e. The molecule has 0 aliphatic heterocycles. The topological polar surface area (TPSA) is 63.9 Å². The van der Waals surface area contributed by atoms with Gasteiger partial charge in [0.1, 0.15) is 6.10 Å². The van der Waals surface area contributed by atoms with Crippen molar-refractivity contribution < 1.29 is 4.84 Å². The van der Waals surface area contributed by atoms with E-state index in [4.69, 9.17) is 10.7 Å². The van der Waals surface area contributed by atoms with Crippen LogP contribution in [0.15, 0.2) is 36.4 Å². The molecule has 2 aromatic rings. The molecule has 0 spiro atoms. The van der Waals surface area contributed by atoms with Gasteiger partial charge in [-0.25, -0.2) is 5.90 Å². The fourth-order valence-corrected chi connectivity index (χ4v) is 1.37. The molecule has 78 valence electrons. The number of benzene rings is 1. The number of aromatic amines is 1. The van der Waals surface area contributed by atoms with E-state index < -0.39 is 0 Å². The lowest BCUT2D eigenvalue weighted by Crippen LogP contribution is -2.05. The van der Waals surface area contributed by atoms with Crippen molar-refractivity contribution in [2.24, 2.45) is 5.90 Å². The van der Waals surface area contributed by atoms with Gasteiger partial charge in [0.15, 0.2) is 0 Å². The van der Waals surface area contributed by atoms with E-state index in [0.29, 0.717) is 0 Å². The van der Waals surface area contributed by atoms with E-state index >= 15 is 0 Å². The zero-order chi connectivity index (χ0) is 10.7. The second kappa shape index (κ2) is 4.25. The first-order valence-corrected chi connectivity index (χ1v) is 4.77. The molecule has 1 aromatic carbocycles. The van der Waals surface area contributed by atoms with Crippen LogP contribution in [-0.4, -0.2) is 10.2 Å². The van der Waals surface area contributed by atoms with Crippen LogP contribution < -0.4 is 5.90 Å². The van der Waals surface area contributed by atoms with Crippen LogP contribution in [0.25, 0.3) is 11.3 Å². The molecule has 1 heterocycles. The van der Waals surface area contributed by atoms with Gasteiger partial charge in [0.05, 0.1) is 11.4 Å². The zero-order valence-corrected chi connectivity index (χ0v) is 8.47. The third-order valence-corrected chi connectivity index (χ3v) is 2.31. The maximum absolute atomic E-state index is 5.10. The molecule has 1 unspecified atom stereocenters. The quantitative estimate of drug-likeness (QED) is 0.750. The zero-order valence-electron chi connectivity index (χ0n) is 8.47. The molecule has 4 heteroatoms. The van der Waals surface area contributed by atoms with E-state index in [1.54, 1.807) is 0 Å². The van der Waals surface area contributed by atoms with Gasteiger partial charge in [-0.15, -0.1) is 0 Å². The smallest absolute Gasteiger partial charge is 0.117 e. The molecule has 2 rings (SSSR count). The first-order chi connectivity index (χ1) is 7.31. The lowest BCUT2D eigenvalue weighted by molar-refractivity contribution is 0.0634. The number of aromatic nitrogens is 2. The number of rotatable bonds is 3. The fraction of sp³-hybridized carbons (Fsp3) is 0.182. The summed E-state index contributed by atoms with van der Waals surface area (Å²) in [5, 5.41) is 7.09. The van der Waals surface area contributed by atoms with Gasteiger partial charge < -0.3 is 0 Å². The first-order valence-electron chi connectivity index (χ1n) is 4.77. The highest BCUT2D eigenvalue weighted by atomic mass is 16.6. The molecule has 1 atom stereocenters. The summed E-state index contributed by atoms with van der Waals surface area (Å²) in [6.07, 6.45) is -0.171. The van der Waals surface area contributed by atoms with Crippen LogP contribution in [0.1, 0.15) is 18.7 Å². The molecule has 0 bridgehead atoms. The van der Waals surface area contributed by atoms with Gasteiger partial charge in [-0.3, -0.25) is 9.94 Å². The van der Waals surface area contributed by atoms with Gasteiger partial charge in [0.25, 0.3) is 0 Å². The van der Waals surface area contributed by atoms with E-state index in [-0.39, 0.29) is 6.10 Å². The summed E-state index contributed by atoms with van der Waals surface area (Å²) in [7, 11) is 0. The third-order valence-electron chi connectivity index (χ3n) is 2.31. The summed E-state index contributed by atoms with van der Waals surface area (Å²) in [5.74, 6) is 5.10. The first kappa shape index (κ1) is 9.89. The molecule has 3 N–H and O–H groups in total. The highest BCUT2D eigenvalue weighted by Gasteiger charge is 2.09. The van der Waals surface area contributed by atoms with E-state index in [0.717, 1.165) is 17.0 Å². The van der Waals surface area contributed by atoms with E-state index in [9.17, 15) is 0 Å². The van der Waals surface area contributed by atoms with E-state index in [1.807, 2.05) is 43.3 Å². The minimum atomic E-state index is -0.171. The van der Waals surface area contributed by atoms with Crippen molar-refractivity contribution in [3.8, 4) is 11.3 Å². The largest absolute Gasteiger partial charge is 0.295 e. The standard InChI is InChI=1S/C11H13N3O/c1-8(15-12)10-7-11(14-13-10)9-5-3-2-4-6-9/h2-8H,12H2,1H3,(H,13,14). The predicted octanol–water partition coefficient (Wildman–Crippen LogP) is 2.03. The Hall–Kier alpha value is -1.65. The summed E-state index contributed by atoms with van der Waals surface area (Å²) in [5.41, 5.74) is 2.84. The van der Waals surface area contributed by atoms with Crippen LogP contribution in [0.4, 0.5) is 0 Å². The van der Waals surface area contributed by atoms with Gasteiger partial charge >= 0.3 is 0 Å². The van der Waals surface area contributed by atoms with E-state index in [1.165, 1.54) is 0 Å². The highest BCUT2D eigenvalue weighted by molar-refractivity contribution is 5.58. The summed E-state index contributed by atoms with van der Waals surface area (Å²) < 4.78 is 0. The number of nitrogens with zero attached hydrogens (tertiary/aromatic N) is 1. The van der Waals surface area contributed by atoms with Gasteiger partial charge in [0, 0.05) is 5.56 Å². The van der Waals surface area contributed by atoms with Crippen LogP contribution in [0, 0.1) is 0 Å². The summed E-state index contributed by atoms with van der Waals surface area (Å²) >= 11 is 0. The maximum atomic E-state index is 5.10. The van der Waals surface area contributed by atoms with Crippen LogP contribution in [-0.2, 0) is 4.84 Å². The molecule has 4 nitrogen and oxygen atoms in total. The SMILES string of the molecule is CC(ON)c1cc(-c2ccccc2)n[nH]1. The molecule has 15 heavy (non-hydrogen) atoms. The number of hydrogen-bond donors (Lipinski definition) is 2. The Balaban J connectivity index is 2.28. The monoisotopic (exact) mass is 203 g/mol. The van der Waals surface area contributed by atoms with Crippen LogP contribution in [0.5, 0.6) is 0 Å².